The molecule has 5 saturated carbocycles. The molecule has 0 aromatic rings. The monoisotopic (exact) mass is 296 g/mol. The summed E-state index contributed by atoms with van der Waals surface area (Å²) in [7, 11) is 0. The summed E-state index contributed by atoms with van der Waals surface area (Å²) in [5.74, 6) is 4.70. The van der Waals surface area contributed by atoms with E-state index in [-0.39, 0.29) is 0 Å². The molecule has 128 valence electrons. The van der Waals surface area contributed by atoms with Gasteiger partial charge in [0.05, 0.1) is 0 Å². The van der Waals surface area contributed by atoms with Gasteiger partial charge in [-0.1, -0.05) is 92.9 Å². The van der Waals surface area contributed by atoms with Crippen molar-refractivity contribution < 1.29 is 0 Å². The Balaban J connectivity index is 0.000000272. The Labute approximate surface area is 136 Å². The van der Waals surface area contributed by atoms with E-state index >= 15 is 0 Å². The van der Waals surface area contributed by atoms with Gasteiger partial charge in [0.15, 0.2) is 0 Å². The summed E-state index contributed by atoms with van der Waals surface area (Å²) in [6.07, 6.45) is 16.9. The van der Waals surface area contributed by atoms with Gasteiger partial charge in [0.25, 0.3) is 0 Å². The fraction of sp³-hybridized carbons (Fsp3) is 1.00. The molecule has 4 bridgehead atoms. The highest BCUT2D eigenvalue weighted by Gasteiger charge is 2.32. The molecule has 5 aliphatic rings. The van der Waals surface area contributed by atoms with Crippen molar-refractivity contribution in [2.75, 3.05) is 0 Å². The van der Waals surface area contributed by atoms with Crippen LogP contribution >= 0.6 is 0 Å². The minimum atomic E-state index is 1.17. The predicted octanol–water partition coefficient (Wildman–Crippen LogP) is 7.86. The second-order valence-corrected chi connectivity index (χ2v) is 6.96. The molecular weight excluding hydrogens is 252 g/mol. The third-order valence-electron chi connectivity index (χ3n) is 5.19. The molecule has 0 spiro atoms. The van der Waals surface area contributed by atoms with Gasteiger partial charge in [-0.15, -0.1) is 0 Å². The lowest BCUT2D eigenvalue weighted by molar-refractivity contribution is 0.116. The molecule has 21 heavy (non-hydrogen) atoms. The molecule has 0 nitrogen and oxygen atoms in total. The zero-order valence-corrected chi connectivity index (χ0v) is 16.1. The van der Waals surface area contributed by atoms with Crippen LogP contribution in [0, 0.1) is 23.7 Å². The summed E-state index contributed by atoms with van der Waals surface area (Å²) >= 11 is 0. The fourth-order valence-corrected chi connectivity index (χ4v) is 4.21. The second kappa shape index (κ2) is 13.6. The summed E-state index contributed by atoms with van der Waals surface area (Å²) in [6.45, 7) is 12.2. The Morgan fingerprint density at radius 1 is 0.524 bits per heavy atom. The highest BCUT2D eigenvalue weighted by molar-refractivity contribution is 4.84. The third kappa shape index (κ3) is 8.27. The van der Waals surface area contributed by atoms with E-state index in [2.05, 4.69) is 13.8 Å². The van der Waals surface area contributed by atoms with Crippen molar-refractivity contribution in [1.29, 1.82) is 0 Å². The molecule has 5 fully saturated rings. The lowest BCUT2D eigenvalue weighted by atomic mass is 9.65. The minimum Gasteiger partial charge on any atom is -0.0683 e. The highest BCUT2D eigenvalue weighted by Crippen LogP contribution is 2.45. The molecule has 0 saturated heterocycles. The van der Waals surface area contributed by atoms with Crippen LogP contribution in [0.5, 0.6) is 0 Å². The smallest absolute Gasteiger partial charge is 0.0409 e. The van der Waals surface area contributed by atoms with Gasteiger partial charge >= 0.3 is 0 Å². The molecule has 0 aromatic heterocycles. The van der Waals surface area contributed by atoms with Crippen LogP contribution in [0.4, 0.5) is 0 Å². The Bertz CT molecular complexity index is 171. The molecule has 0 aromatic carbocycles. The van der Waals surface area contributed by atoms with E-state index in [0.717, 1.165) is 0 Å². The zero-order valence-electron chi connectivity index (χ0n) is 16.1. The minimum absolute atomic E-state index is 1.17. The van der Waals surface area contributed by atoms with Gasteiger partial charge in [0.1, 0.15) is 0 Å². The van der Waals surface area contributed by atoms with E-state index in [9.17, 15) is 0 Å². The Morgan fingerprint density at radius 3 is 0.905 bits per heavy atom. The van der Waals surface area contributed by atoms with E-state index in [0.29, 0.717) is 0 Å². The largest absolute Gasteiger partial charge is 0.0683 e. The van der Waals surface area contributed by atoms with Crippen LogP contribution in [0.1, 0.15) is 112 Å². The number of hydrogen-bond acceptors (Lipinski definition) is 0. The first-order chi connectivity index (χ1) is 10.3. The van der Waals surface area contributed by atoms with Gasteiger partial charge in [-0.2, -0.15) is 0 Å². The van der Waals surface area contributed by atoms with Gasteiger partial charge in [-0.25, -0.2) is 0 Å². The van der Waals surface area contributed by atoms with Gasteiger partial charge in [-0.05, 0) is 42.9 Å². The maximum absolute atomic E-state index is 2.12. The van der Waals surface area contributed by atoms with Crippen molar-refractivity contribution in [3.63, 3.8) is 0 Å². The van der Waals surface area contributed by atoms with Gasteiger partial charge in [0, 0.05) is 0 Å². The highest BCUT2D eigenvalue weighted by atomic mass is 14.4. The third-order valence-corrected chi connectivity index (χ3v) is 5.19. The van der Waals surface area contributed by atoms with E-state index < -0.39 is 0 Å². The van der Waals surface area contributed by atoms with Gasteiger partial charge in [0.2, 0.25) is 0 Å². The quantitative estimate of drug-likeness (QED) is 0.426. The molecule has 0 unspecified atom stereocenters. The SMILES string of the molecule is C1CC2CC(C1)C2.C1CC2CCC1C2.CC.CC.CCC. The van der Waals surface area contributed by atoms with Crippen LogP contribution in [-0.4, -0.2) is 0 Å². The number of rotatable bonds is 0. The van der Waals surface area contributed by atoms with Crippen molar-refractivity contribution in [1.82, 2.24) is 0 Å². The first-order valence-corrected chi connectivity index (χ1v) is 10.3. The van der Waals surface area contributed by atoms with E-state index in [1.807, 2.05) is 27.7 Å². The fourth-order valence-electron chi connectivity index (χ4n) is 4.21. The summed E-state index contributed by atoms with van der Waals surface area (Å²) in [6, 6.07) is 0. The average Bonchev–Trinajstić information content (AvgIpc) is 3.18. The van der Waals surface area contributed by atoms with Crippen LogP contribution in [0.2, 0.25) is 0 Å². The molecule has 0 radical (unpaired) electrons. The molecule has 0 N–H and O–H groups in total. The maximum atomic E-state index is 2.12. The first-order valence-electron chi connectivity index (χ1n) is 10.3. The average molecular weight is 297 g/mol. The van der Waals surface area contributed by atoms with Gasteiger partial charge in [-0.3, -0.25) is 0 Å². The Morgan fingerprint density at radius 2 is 0.810 bits per heavy atom. The molecule has 0 aliphatic heterocycles. The van der Waals surface area contributed by atoms with Crippen LogP contribution in [-0.2, 0) is 0 Å². The summed E-state index contributed by atoms with van der Waals surface area (Å²) < 4.78 is 0. The van der Waals surface area contributed by atoms with E-state index in [1.165, 1.54) is 36.5 Å². The second-order valence-electron chi connectivity index (χ2n) is 6.96. The van der Waals surface area contributed by atoms with Crippen LogP contribution < -0.4 is 0 Å². The lowest BCUT2D eigenvalue weighted by Crippen LogP contribution is -2.28. The molecule has 0 atom stereocenters. The maximum Gasteiger partial charge on any atom is -0.0409 e. The number of hydrogen-bond donors (Lipinski definition) is 0. The summed E-state index contributed by atoms with van der Waals surface area (Å²) in [4.78, 5) is 0. The van der Waals surface area contributed by atoms with Crippen molar-refractivity contribution in [3.05, 3.63) is 0 Å². The zero-order chi connectivity index (χ0) is 16.1. The topological polar surface area (TPSA) is 0 Å². The molecule has 5 aliphatic carbocycles. The standard InChI is InChI=1S/2C7H12.C3H8.2C2H6/c1-2-7-4-3-6(1)5-7;1-2-6-4-7(3-1)5-6;1-3-2;2*1-2/h2*6-7H,1-5H2;3H2,1-2H3;2*1-2H3. The van der Waals surface area contributed by atoms with E-state index in [4.69, 9.17) is 0 Å². The molecular formula is C21H44. The normalized spacial score (nSPS) is 33.4. The predicted molar refractivity (Wildman–Crippen MR) is 98.8 cm³/mol. The molecule has 0 heteroatoms. The van der Waals surface area contributed by atoms with Crippen molar-refractivity contribution in [3.8, 4) is 0 Å². The van der Waals surface area contributed by atoms with Crippen molar-refractivity contribution in [2.24, 2.45) is 23.7 Å². The molecule has 5 rings (SSSR count). The summed E-state index contributed by atoms with van der Waals surface area (Å²) in [5, 5.41) is 0. The Hall–Kier alpha value is 0. The van der Waals surface area contributed by atoms with Crippen LogP contribution in [0.3, 0.4) is 0 Å². The summed E-state index contributed by atoms with van der Waals surface area (Å²) in [5.41, 5.74) is 0. The molecule has 0 amide bonds. The number of fused-ring (bicyclic) bond motifs is 4. The first kappa shape index (κ1) is 21.0. The van der Waals surface area contributed by atoms with Crippen molar-refractivity contribution in [2.45, 2.75) is 112 Å². The van der Waals surface area contributed by atoms with Crippen molar-refractivity contribution >= 4 is 0 Å². The van der Waals surface area contributed by atoms with E-state index in [1.54, 1.807) is 57.8 Å². The van der Waals surface area contributed by atoms with Gasteiger partial charge < -0.3 is 0 Å². The molecule has 0 heterocycles. The van der Waals surface area contributed by atoms with Crippen LogP contribution in [0.15, 0.2) is 0 Å². The Kier molecular flexibility index (Phi) is 13.6. The van der Waals surface area contributed by atoms with Crippen LogP contribution in [0.25, 0.3) is 0 Å². The lowest BCUT2D eigenvalue weighted by Gasteiger charge is -2.40.